The average molecular weight is 300 g/mol. The molecule has 0 atom stereocenters. The van der Waals surface area contributed by atoms with Crippen LogP contribution in [0, 0.1) is 0 Å². The number of unbranched alkanes of at least 4 members (excludes halogenated alkanes) is 12. The smallest absolute Gasteiger partial charge is 0.298 e. The van der Waals surface area contributed by atoms with Gasteiger partial charge < -0.3 is 0 Å². The van der Waals surface area contributed by atoms with Crippen molar-refractivity contribution in [3.63, 3.8) is 0 Å². The van der Waals surface area contributed by atoms with Gasteiger partial charge in [-0.2, -0.15) is 4.89 Å². The van der Waals surface area contributed by atoms with Gasteiger partial charge in [-0.1, -0.05) is 84.0 Å². The highest BCUT2D eigenvalue weighted by Gasteiger charge is 2.02. The fourth-order valence-electron chi connectivity index (χ4n) is 2.45. The molecule has 0 aromatic rings. The van der Waals surface area contributed by atoms with Crippen molar-refractivity contribution in [3.8, 4) is 0 Å². The molecule has 0 saturated heterocycles. The van der Waals surface area contributed by atoms with Gasteiger partial charge in [0, 0.05) is 6.42 Å². The Hall–Kier alpha value is -0.570. The van der Waals surface area contributed by atoms with Gasteiger partial charge in [0.05, 0.1) is 6.61 Å². The van der Waals surface area contributed by atoms with Crippen molar-refractivity contribution in [2.24, 2.45) is 0 Å². The topological polar surface area (TPSA) is 35.5 Å². The Kier molecular flexibility index (Phi) is 17.0. The summed E-state index contributed by atoms with van der Waals surface area (Å²) in [7, 11) is 0. The number of rotatable bonds is 16. The van der Waals surface area contributed by atoms with E-state index in [1.54, 1.807) is 6.92 Å². The van der Waals surface area contributed by atoms with Crippen LogP contribution in [0.25, 0.3) is 0 Å². The Morgan fingerprint density at radius 3 is 1.52 bits per heavy atom. The number of carbonyl (C=O) groups is 1. The van der Waals surface area contributed by atoms with Crippen LogP contribution in [0.4, 0.5) is 0 Å². The second-order valence-electron chi connectivity index (χ2n) is 5.85. The minimum atomic E-state index is -0.236. The second kappa shape index (κ2) is 17.5. The van der Waals surface area contributed by atoms with Gasteiger partial charge in [0.2, 0.25) is 0 Å². The maximum Gasteiger partial charge on any atom is 0.342 e. The van der Waals surface area contributed by atoms with E-state index >= 15 is 0 Å². The first-order valence-corrected chi connectivity index (χ1v) is 9.13. The Morgan fingerprint density at radius 2 is 1.10 bits per heavy atom. The highest BCUT2D eigenvalue weighted by molar-refractivity contribution is 5.68. The molecule has 0 aliphatic carbocycles. The van der Waals surface area contributed by atoms with Crippen LogP contribution < -0.4 is 0 Å². The standard InChI is InChI=1S/C18H36O3/c1-3-5-6-7-8-9-10-11-12-13-14-15-16-17-18(19)21-20-4-2/h3-17H2,1-2H3. The predicted molar refractivity (Wildman–Crippen MR) is 88.0 cm³/mol. The highest BCUT2D eigenvalue weighted by atomic mass is 17.2. The van der Waals surface area contributed by atoms with E-state index in [-0.39, 0.29) is 5.97 Å². The van der Waals surface area contributed by atoms with Crippen LogP contribution in [0.5, 0.6) is 0 Å². The Bertz CT molecular complexity index is 217. The molecule has 3 heteroatoms. The highest BCUT2D eigenvalue weighted by Crippen LogP contribution is 2.13. The van der Waals surface area contributed by atoms with Crippen molar-refractivity contribution in [2.45, 2.75) is 104 Å². The van der Waals surface area contributed by atoms with E-state index in [9.17, 15) is 4.79 Å². The van der Waals surface area contributed by atoms with Crippen molar-refractivity contribution in [2.75, 3.05) is 6.61 Å². The first-order chi connectivity index (χ1) is 10.3. The third kappa shape index (κ3) is 17.4. The van der Waals surface area contributed by atoms with Crippen molar-refractivity contribution >= 4 is 5.97 Å². The van der Waals surface area contributed by atoms with Gasteiger partial charge in [-0.25, -0.2) is 4.79 Å². The first kappa shape index (κ1) is 20.4. The molecule has 0 aromatic carbocycles. The summed E-state index contributed by atoms with van der Waals surface area (Å²) >= 11 is 0. The zero-order valence-corrected chi connectivity index (χ0v) is 14.3. The van der Waals surface area contributed by atoms with E-state index in [1.165, 1.54) is 70.6 Å². The summed E-state index contributed by atoms with van der Waals surface area (Å²) in [4.78, 5) is 20.3. The molecule has 0 aliphatic heterocycles. The third-order valence-electron chi connectivity index (χ3n) is 3.75. The molecule has 0 heterocycles. The molecule has 21 heavy (non-hydrogen) atoms. The molecular weight excluding hydrogens is 264 g/mol. The number of hydrogen-bond donors (Lipinski definition) is 0. The molecule has 0 radical (unpaired) electrons. The largest absolute Gasteiger partial charge is 0.342 e. The summed E-state index contributed by atoms with van der Waals surface area (Å²) in [6, 6.07) is 0. The van der Waals surface area contributed by atoms with Crippen molar-refractivity contribution < 1.29 is 14.6 Å². The molecule has 0 spiro atoms. The molecule has 126 valence electrons. The van der Waals surface area contributed by atoms with E-state index in [0.29, 0.717) is 13.0 Å². The van der Waals surface area contributed by atoms with E-state index < -0.39 is 0 Å². The first-order valence-electron chi connectivity index (χ1n) is 9.13. The molecule has 0 fully saturated rings. The lowest BCUT2D eigenvalue weighted by atomic mass is 10.0. The lowest BCUT2D eigenvalue weighted by Gasteiger charge is -2.03. The van der Waals surface area contributed by atoms with E-state index in [0.717, 1.165) is 12.8 Å². The average Bonchev–Trinajstić information content (AvgIpc) is 2.49. The van der Waals surface area contributed by atoms with Crippen LogP contribution in [0.1, 0.15) is 104 Å². The van der Waals surface area contributed by atoms with E-state index in [4.69, 9.17) is 0 Å². The SMILES string of the molecule is CCCCCCCCCCCCCCCC(=O)OOCC. The van der Waals surface area contributed by atoms with Crippen molar-refractivity contribution in [1.29, 1.82) is 0 Å². The molecule has 0 aliphatic rings. The summed E-state index contributed by atoms with van der Waals surface area (Å²) < 4.78 is 0. The number of hydrogen-bond acceptors (Lipinski definition) is 3. The zero-order valence-electron chi connectivity index (χ0n) is 14.3. The van der Waals surface area contributed by atoms with Gasteiger partial charge in [0.15, 0.2) is 0 Å². The van der Waals surface area contributed by atoms with Crippen molar-refractivity contribution in [3.05, 3.63) is 0 Å². The van der Waals surface area contributed by atoms with Crippen LogP contribution in [-0.4, -0.2) is 12.6 Å². The van der Waals surface area contributed by atoms with Gasteiger partial charge in [0.1, 0.15) is 0 Å². The monoisotopic (exact) mass is 300 g/mol. The third-order valence-corrected chi connectivity index (χ3v) is 3.75. The van der Waals surface area contributed by atoms with Gasteiger partial charge in [-0.3, -0.25) is 4.89 Å². The molecular formula is C18H36O3. The second-order valence-corrected chi connectivity index (χ2v) is 5.85. The Labute approximate surface area is 131 Å². The fraction of sp³-hybridized carbons (Fsp3) is 0.944. The summed E-state index contributed by atoms with van der Waals surface area (Å²) in [6.07, 6.45) is 17.6. The summed E-state index contributed by atoms with van der Waals surface area (Å²) in [5.74, 6) is -0.236. The number of carbonyl (C=O) groups excluding carboxylic acids is 1. The quantitative estimate of drug-likeness (QED) is 0.200. The normalized spacial score (nSPS) is 10.8. The van der Waals surface area contributed by atoms with Gasteiger partial charge in [0.25, 0.3) is 0 Å². The van der Waals surface area contributed by atoms with Gasteiger partial charge in [-0.15, -0.1) is 0 Å². The van der Waals surface area contributed by atoms with Crippen molar-refractivity contribution in [1.82, 2.24) is 0 Å². The molecule has 0 bridgehead atoms. The minimum Gasteiger partial charge on any atom is -0.298 e. The molecule has 0 rings (SSSR count). The van der Waals surface area contributed by atoms with E-state index in [2.05, 4.69) is 16.7 Å². The molecule has 0 aromatic heterocycles. The molecule has 0 saturated carbocycles. The maximum atomic E-state index is 11.2. The molecule has 0 amide bonds. The van der Waals surface area contributed by atoms with Crippen LogP contribution in [0.15, 0.2) is 0 Å². The van der Waals surface area contributed by atoms with Crippen LogP contribution >= 0.6 is 0 Å². The molecule has 0 N–H and O–H groups in total. The lowest BCUT2D eigenvalue weighted by Crippen LogP contribution is -2.04. The molecule has 3 nitrogen and oxygen atoms in total. The Balaban J connectivity index is 3.04. The van der Waals surface area contributed by atoms with Crippen LogP contribution in [0.3, 0.4) is 0 Å². The van der Waals surface area contributed by atoms with Crippen LogP contribution in [-0.2, 0) is 14.6 Å². The molecule has 0 unspecified atom stereocenters. The summed E-state index contributed by atoms with van der Waals surface area (Å²) in [6.45, 7) is 4.49. The van der Waals surface area contributed by atoms with Crippen LogP contribution in [0.2, 0.25) is 0 Å². The Morgan fingerprint density at radius 1 is 0.667 bits per heavy atom. The lowest BCUT2D eigenvalue weighted by molar-refractivity contribution is -0.269. The summed E-state index contributed by atoms with van der Waals surface area (Å²) in [5.41, 5.74) is 0. The minimum absolute atomic E-state index is 0.236. The van der Waals surface area contributed by atoms with Gasteiger partial charge in [-0.05, 0) is 13.3 Å². The fourth-order valence-corrected chi connectivity index (χ4v) is 2.45. The maximum absolute atomic E-state index is 11.2. The summed E-state index contributed by atoms with van der Waals surface area (Å²) in [5, 5.41) is 0. The predicted octanol–water partition coefficient (Wildman–Crippen LogP) is 5.96. The van der Waals surface area contributed by atoms with Gasteiger partial charge >= 0.3 is 5.97 Å². The zero-order chi connectivity index (χ0) is 15.6. The van der Waals surface area contributed by atoms with E-state index in [1.807, 2.05) is 0 Å².